The Morgan fingerprint density at radius 1 is 0.958 bits per heavy atom. The van der Waals surface area contributed by atoms with E-state index in [9.17, 15) is 24.0 Å². The monoisotopic (exact) mass is 656 g/mol. The Bertz CT molecular complexity index is 1660. The molecule has 5 amide bonds. The first-order valence-electron chi connectivity index (χ1n) is 15.3. The Hall–Kier alpha value is -5.72. The normalized spacial score (nSPS) is 16.9. The van der Waals surface area contributed by atoms with Crippen LogP contribution in [0.15, 0.2) is 90.0 Å². The second kappa shape index (κ2) is 14.8. The van der Waals surface area contributed by atoms with Crippen molar-refractivity contribution in [2.45, 2.75) is 65.0 Å². The predicted octanol–water partition coefficient (Wildman–Crippen LogP) is 4.06. The molecule has 13 heteroatoms. The van der Waals surface area contributed by atoms with E-state index in [1.807, 2.05) is 36.4 Å². The van der Waals surface area contributed by atoms with E-state index in [-0.39, 0.29) is 13.2 Å². The summed E-state index contributed by atoms with van der Waals surface area (Å²) in [5.41, 5.74) is 0.0374. The molecule has 0 bridgehead atoms. The number of hydrazine groups is 1. The first-order chi connectivity index (χ1) is 22.7. The summed E-state index contributed by atoms with van der Waals surface area (Å²) in [4.78, 5) is 69.6. The maximum absolute atomic E-state index is 14.5. The minimum atomic E-state index is -1.58. The predicted molar refractivity (Wildman–Crippen MR) is 177 cm³/mol. The number of carbonyl (C=O) groups excluding carboxylic acids is 5. The zero-order valence-corrected chi connectivity index (χ0v) is 27.6. The molecule has 3 N–H and O–H groups in total. The SMILES string of the molecule is CC(=O)N(C[C@H](NC(=O)OCc1ccccc1)C(=O)OC(C)(C)C)N1C(=O)N(Cc2ccccc2)[C@](C)(c2ccc(C=NN)cc2)C1=O. The van der Waals surface area contributed by atoms with E-state index in [4.69, 9.17) is 15.3 Å². The third kappa shape index (κ3) is 8.16. The van der Waals surface area contributed by atoms with Crippen molar-refractivity contribution in [3.05, 3.63) is 107 Å². The van der Waals surface area contributed by atoms with Crippen LogP contribution in [-0.2, 0) is 42.5 Å². The second-order valence-electron chi connectivity index (χ2n) is 12.3. The third-order valence-electron chi connectivity index (χ3n) is 7.60. The molecule has 48 heavy (non-hydrogen) atoms. The van der Waals surface area contributed by atoms with Crippen molar-refractivity contribution >= 4 is 36.1 Å². The first-order valence-corrected chi connectivity index (χ1v) is 15.3. The number of carbonyl (C=O) groups is 5. The van der Waals surface area contributed by atoms with Crippen molar-refractivity contribution in [1.29, 1.82) is 0 Å². The third-order valence-corrected chi connectivity index (χ3v) is 7.60. The van der Waals surface area contributed by atoms with Gasteiger partial charge in [0.1, 0.15) is 23.8 Å². The number of rotatable bonds is 11. The summed E-state index contributed by atoms with van der Waals surface area (Å²) in [6, 6.07) is 22.4. The molecule has 1 aliphatic rings. The average Bonchev–Trinajstić information content (AvgIpc) is 3.23. The highest BCUT2D eigenvalue weighted by atomic mass is 16.6. The molecule has 1 saturated heterocycles. The van der Waals surface area contributed by atoms with E-state index >= 15 is 0 Å². The molecule has 1 heterocycles. The van der Waals surface area contributed by atoms with Gasteiger partial charge in [-0.05, 0) is 49.9 Å². The standard InChI is InChI=1S/C35H40N6O7/c1-24(42)40(22-29(30(43)48-34(2,3)4)38-32(45)47-23-27-14-10-7-11-15-27)41-31(44)35(5,28-18-16-25(17-19-28)20-37-36)39(33(41)46)21-26-12-8-6-9-13-26/h6-20,29H,21-23,36H2,1-5H3,(H,38,45)/t29-,35+/m0/s1. The fraction of sp³-hybridized carbons (Fsp3) is 0.314. The Balaban J connectivity index is 1.69. The van der Waals surface area contributed by atoms with Gasteiger partial charge in [0.15, 0.2) is 0 Å². The van der Waals surface area contributed by atoms with Crippen LogP contribution < -0.4 is 11.2 Å². The summed E-state index contributed by atoms with van der Waals surface area (Å²) < 4.78 is 10.9. The van der Waals surface area contributed by atoms with Crippen molar-refractivity contribution in [1.82, 2.24) is 20.2 Å². The van der Waals surface area contributed by atoms with Gasteiger partial charge in [0, 0.05) is 13.5 Å². The van der Waals surface area contributed by atoms with E-state index in [0.29, 0.717) is 16.7 Å². The van der Waals surface area contributed by atoms with Gasteiger partial charge in [0.2, 0.25) is 5.91 Å². The number of amides is 5. The van der Waals surface area contributed by atoms with E-state index in [1.165, 1.54) is 11.1 Å². The lowest BCUT2D eigenvalue weighted by Gasteiger charge is -2.33. The number of hydrogen-bond donors (Lipinski definition) is 2. The van der Waals surface area contributed by atoms with Gasteiger partial charge in [-0.3, -0.25) is 14.5 Å². The van der Waals surface area contributed by atoms with Crippen molar-refractivity contribution in [3.63, 3.8) is 0 Å². The Morgan fingerprint density at radius 3 is 2.08 bits per heavy atom. The van der Waals surface area contributed by atoms with Gasteiger partial charge in [-0.2, -0.15) is 10.1 Å². The number of urea groups is 1. The van der Waals surface area contributed by atoms with Crippen LogP contribution in [0.25, 0.3) is 0 Å². The van der Waals surface area contributed by atoms with E-state index < -0.39 is 53.6 Å². The number of imide groups is 1. The van der Waals surface area contributed by atoms with Crippen molar-refractivity contribution in [3.8, 4) is 0 Å². The number of hydrogen-bond acceptors (Lipinski definition) is 9. The number of esters is 1. The first kappa shape index (κ1) is 35.1. The van der Waals surface area contributed by atoms with Gasteiger partial charge < -0.3 is 20.6 Å². The fourth-order valence-electron chi connectivity index (χ4n) is 5.16. The van der Waals surface area contributed by atoms with Crippen LogP contribution in [0.5, 0.6) is 0 Å². The number of hydrazone groups is 1. The summed E-state index contributed by atoms with van der Waals surface area (Å²) in [5.74, 6) is 2.92. The van der Waals surface area contributed by atoms with Crippen LogP contribution in [0.3, 0.4) is 0 Å². The largest absolute Gasteiger partial charge is 0.458 e. The highest BCUT2D eigenvalue weighted by molar-refractivity contribution is 6.08. The maximum Gasteiger partial charge on any atom is 0.408 e. The zero-order valence-electron chi connectivity index (χ0n) is 27.6. The molecule has 1 aliphatic heterocycles. The smallest absolute Gasteiger partial charge is 0.408 e. The Morgan fingerprint density at radius 2 is 1.54 bits per heavy atom. The molecule has 0 radical (unpaired) electrons. The Kier molecular flexibility index (Phi) is 10.8. The second-order valence-corrected chi connectivity index (χ2v) is 12.3. The molecule has 1 fully saturated rings. The molecular formula is C35H40N6O7. The molecule has 4 rings (SSSR count). The average molecular weight is 657 g/mol. The highest BCUT2D eigenvalue weighted by Crippen LogP contribution is 2.39. The zero-order chi connectivity index (χ0) is 35.1. The fourth-order valence-corrected chi connectivity index (χ4v) is 5.16. The summed E-state index contributed by atoms with van der Waals surface area (Å²) in [7, 11) is 0. The minimum absolute atomic E-state index is 0.0235. The molecule has 0 saturated carbocycles. The van der Waals surface area contributed by atoms with Crippen LogP contribution in [0.2, 0.25) is 0 Å². The van der Waals surface area contributed by atoms with Crippen molar-refractivity contribution in [2.75, 3.05) is 6.54 Å². The molecule has 3 aromatic carbocycles. The molecule has 0 aromatic heterocycles. The van der Waals surface area contributed by atoms with Crippen LogP contribution >= 0.6 is 0 Å². The summed E-state index contributed by atoms with van der Waals surface area (Å²) in [6.07, 6.45) is 0.474. The van der Waals surface area contributed by atoms with Crippen molar-refractivity contribution < 1.29 is 33.4 Å². The lowest BCUT2D eigenvalue weighted by atomic mass is 9.89. The van der Waals surface area contributed by atoms with Gasteiger partial charge in [-0.25, -0.2) is 19.4 Å². The van der Waals surface area contributed by atoms with E-state index in [0.717, 1.165) is 22.5 Å². The molecule has 3 aromatic rings. The van der Waals surface area contributed by atoms with Gasteiger partial charge >= 0.3 is 18.1 Å². The van der Waals surface area contributed by atoms with E-state index in [1.54, 1.807) is 76.2 Å². The van der Waals surface area contributed by atoms with Gasteiger partial charge in [0.25, 0.3) is 5.91 Å². The lowest BCUT2D eigenvalue weighted by Crippen LogP contribution is -2.58. The van der Waals surface area contributed by atoms with Crippen LogP contribution in [0.4, 0.5) is 9.59 Å². The van der Waals surface area contributed by atoms with Crippen LogP contribution in [0.1, 0.15) is 56.9 Å². The summed E-state index contributed by atoms with van der Waals surface area (Å²) in [6.45, 7) is 7.00. The molecule has 13 nitrogen and oxygen atoms in total. The molecule has 0 aliphatic carbocycles. The van der Waals surface area contributed by atoms with Gasteiger partial charge in [-0.1, -0.05) is 84.9 Å². The summed E-state index contributed by atoms with van der Waals surface area (Å²) >= 11 is 0. The number of nitrogens with one attached hydrogen (secondary N) is 1. The maximum atomic E-state index is 14.5. The number of alkyl carbamates (subject to hydrolysis) is 1. The topological polar surface area (TPSA) is 164 Å². The minimum Gasteiger partial charge on any atom is -0.458 e. The van der Waals surface area contributed by atoms with Crippen LogP contribution in [-0.4, -0.2) is 69.2 Å². The number of nitrogens with two attached hydrogens (primary N) is 1. The summed E-state index contributed by atoms with van der Waals surface area (Å²) in [5, 5.41) is 7.54. The van der Waals surface area contributed by atoms with Crippen LogP contribution in [0, 0.1) is 0 Å². The lowest BCUT2D eigenvalue weighted by molar-refractivity contribution is -0.164. The number of benzene rings is 3. The molecule has 0 spiro atoms. The Labute approximate surface area is 279 Å². The molecule has 252 valence electrons. The number of ether oxygens (including phenoxy) is 2. The molecule has 2 atom stereocenters. The highest BCUT2D eigenvalue weighted by Gasteiger charge is 2.58. The van der Waals surface area contributed by atoms with Crippen molar-refractivity contribution in [2.24, 2.45) is 10.9 Å². The van der Waals surface area contributed by atoms with E-state index in [2.05, 4.69) is 10.4 Å². The molecular weight excluding hydrogens is 616 g/mol. The number of nitrogens with zero attached hydrogens (tertiary/aromatic N) is 4. The quantitative estimate of drug-likeness (QED) is 0.103. The van der Waals surface area contributed by atoms with Gasteiger partial charge in [-0.15, -0.1) is 0 Å². The molecule has 0 unspecified atom stereocenters. The van der Waals surface area contributed by atoms with Gasteiger partial charge in [0.05, 0.1) is 12.8 Å².